The molecule has 1 fully saturated rings. The Labute approximate surface area is 225 Å². The number of carbonyl (C=O) groups excluding carboxylic acids is 2. The number of hydrogen-bond donors (Lipinski definition) is 5. The molecule has 12 heteroatoms. The van der Waals surface area contributed by atoms with Crippen LogP contribution in [0.2, 0.25) is 0 Å². The van der Waals surface area contributed by atoms with Gasteiger partial charge in [0.1, 0.15) is 5.82 Å². The maximum absolute atomic E-state index is 12.0. The molecular weight excluding hydrogens is 506 g/mol. The van der Waals surface area contributed by atoms with E-state index in [1.54, 1.807) is 11.5 Å². The second-order valence-electron chi connectivity index (χ2n) is 9.23. The summed E-state index contributed by atoms with van der Waals surface area (Å²) in [5.74, 6) is 1.57. The lowest BCUT2D eigenvalue weighted by atomic mass is 10.1. The molecule has 2 amide bonds. The van der Waals surface area contributed by atoms with Gasteiger partial charge in [-0.1, -0.05) is 19.3 Å². The maximum atomic E-state index is 12.0. The van der Waals surface area contributed by atoms with Gasteiger partial charge in [0.25, 0.3) is 0 Å². The topological polar surface area (TPSA) is 154 Å². The first kappa shape index (κ1) is 27.4. The van der Waals surface area contributed by atoms with Crippen LogP contribution in [0.3, 0.4) is 0 Å². The van der Waals surface area contributed by atoms with Crippen molar-refractivity contribution in [1.29, 1.82) is 0 Å². The Balaban J connectivity index is 1.33. The lowest BCUT2D eigenvalue weighted by molar-refractivity contribution is -0.129. The van der Waals surface area contributed by atoms with Gasteiger partial charge < -0.3 is 15.4 Å². The van der Waals surface area contributed by atoms with Gasteiger partial charge in [0.15, 0.2) is 11.0 Å². The van der Waals surface area contributed by atoms with Crippen molar-refractivity contribution in [2.75, 3.05) is 17.2 Å². The van der Waals surface area contributed by atoms with Gasteiger partial charge in [-0.25, -0.2) is 10.5 Å². The quantitative estimate of drug-likeness (QED) is 0.0779. The second-order valence-corrected chi connectivity index (χ2v) is 10.3. The molecule has 1 aromatic carbocycles. The molecule has 3 aromatic rings. The predicted molar refractivity (Wildman–Crippen MR) is 144 cm³/mol. The molecule has 1 saturated carbocycles. The van der Waals surface area contributed by atoms with Crippen LogP contribution < -0.4 is 20.9 Å². The molecule has 0 saturated heterocycles. The van der Waals surface area contributed by atoms with Gasteiger partial charge in [-0.3, -0.25) is 19.9 Å². The standard InChI is InChI=1S/C26H33N7O4S/c1-17-15-22(32-31-17)28-21-16-24(37-14-6-4-2-3-5-7-23(34)33-36)30-26(29-21)38-20-12-10-19(11-13-20)27-25(35)18-8-9-18/h10-13,15-16,18,36H,2-9,14H2,1H3,(H,27,35)(H,33,34)(H2,28,29,30,31,32). The number of nitrogens with zero attached hydrogens (tertiary/aromatic N) is 3. The molecule has 1 aliphatic carbocycles. The maximum Gasteiger partial charge on any atom is 0.243 e. The molecule has 0 bridgehead atoms. The van der Waals surface area contributed by atoms with Crippen LogP contribution in [0.15, 0.2) is 46.5 Å². The average Bonchev–Trinajstić information content (AvgIpc) is 3.68. The summed E-state index contributed by atoms with van der Waals surface area (Å²) in [5, 5.41) is 22.3. The number of benzene rings is 1. The van der Waals surface area contributed by atoms with Crippen molar-refractivity contribution in [1.82, 2.24) is 25.6 Å². The average molecular weight is 540 g/mol. The molecular formula is C26H33N7O4S. The van der Waals surface area contributed by atoms with Gasteiger partial charge in [-0.05, 0) is 68.6 Å². The van der Waals surface area contributed by atoms with Crippen LogP contribution in [0, 0.1) is 12.8 Å². The molecule has 2 aromatic heterocycles. The number of aromatic nitrogens is 4. The number of H-pyrrole nitrogens is 1. The highest BCUT2D eigenvalue weighted by atomic mass is 32.2. The number of ether oxygens (including phenoxy) is 1. The van der Waals surface area contributed by atoms with E-state index in [2.05, 4.69) is 30.8 Å². The van der Waals surface area contributed by atoms with Crippen LogP contribution in [0.4, 0.5) is 17.3 Å². The van der Waals surface area contributed by atoms with E-state index in [0.717, 1.165) is 61.2 Å². The lowest BCUT2D eigenvalue weighted by Crippen LogP contribution is -2.17. The first-order valence-electron chi connectivity index (χ1n) is 12.8. The largest absolute Gasteiger partial charge is 0.478 e. The summed E-state index contributed by atoms with van der Waals surface area (Å²) in [7, 11) is 0. The van der Waals surface area contributed by atoms with Crippen LogP contribution in [-0.4, -0.2) is 43.8 Å². The lowest BCUT2D eigenvalue weighted by Gasteiger charge is -2.10. The first-order valence-corrected chi connectivity index (χ1v) is 13.6. The summed E-state index contributed by atoms with van der Waals surface area (Å²) in [4.78, 5) is 33.2. The van der Waals surface area contributed by atoms with Gasteiger partial charge in [0, 0.05) is 40.7 Å². The fourth-order valence-corrected chi connectivity index (χ4v) is 4.42. The van der Waals surface area contributed by atoms with Crippen molar-refractivity contribution in [3.05, 3.63) is 42.1 Å². The van der Waals surface area contributed by atoms with Gasteiger partial charge in [0.05, 0.1) is 6.61 Å². The minimum absolute atomic E-state index is 0.0806. The Morgan fingerprint density at radius 2 is 1.82 bits per heavy atom. The molecule has 2 heterocycles. The number of aromatic amines is 1. The van der Waals surface area contributed by atoms with Crippen molar-refractivity contribution in [2.24, 2.45) is 5.92 Å². The Bertz CT molecular complexity index is 1210. The molecule has 5 N–H and O–H groups in total. The Kier molecular flexibility index (Phi) is 9.93. The third kappa shape index (κ3) is 9.03. The smallest absolute Gasteiger partial charge is 0.243 e. The summed E-state index contributed by atoms with van der Waals surface area (Å²) in [6.45, 7) is 2.43. The summed E-state index contributed by atoms with van der Waals surface area (Å²) in [6.07, 6.45) is 6.73. The number of rotatable bonds is 15. The minimum atomic E-state index is -0.350. The zero-order valence-corrected chi connectivity index (χ0v) is 22.1. The number of anilines is 3. The number of carbonyl (C=O) groups is 2. The van der Waals surface area contributed by atoms with Crippen molar-refractivity contribution in [3.63, 3.8) is 0 Å². The van der Waals surface area contributed by atoms with Crippen LogP contribution in [0.1, 0.15) is 57.1 Å². The Morgan fingerprint density at radius 3 is 2.53 bits per heavy atom. The van der Waals surface area contributed by atoms with E-state index in [1.807, 2.05) is 37.3 Å². The predicted octanol–water partition coefficient (Wildman–Crippen LogP) is 4.98. The summed E-state index contributed by atoms with van der Waals surface area (Å²) < 4.78 is 5.94. The highest BCUT2D eigenvalue weighted by Crippen LogP contribution is 2.32. The molecule has 38 heavy (non-hydrogen) atoms. The minimum Gasteiger partial charge on any atom is -0.478 e. The summed E-state index contributed by atoms with van der Waals surface area (Å²) in [6, 6.07) is 11.2. The molecule has 4 rings (SSSR count). The zero-order chi connectivity index (χ0) is 26.7. The van der Waals surface area contributed by atoms with E-state index in [4.69, 9.17) is 9.94 Å². The van der Waals surface area contributed by atoms with Crippen molar-refractivity contribution in [3.8, 4) is 5.88 Å². The number of aryl methyl sites for hydroxylation is 1. The van der Waals surface area contributed by atoms with Crippen LogP contribution in [0.25, 0.3) is 0 Å². The van der Waals surface area contributed by atoms with Crippen molar-refractivity contribution < 1.29 is 19.5 Å². The fourth-order valence-electron chi connectivity index (χ4n) is 3.65. The zero-order valence-electron chi connectivity index (χ0n) is 21.3. The van der Waals surface area contributed by atoms with Gasteiger partial charge in [-0.15, -0.1) is 0 Å². The molecule has 0 atom stereocenters. The van der Waals surface area contributed by atoms with E-state index < -0.39 is 0 Å². The number of amides is 2. The normalized spacial score (nSPS) is 12.7. The Morgan fingerprint density at radius 1 is 1.05 bits per heavy atom. The number of hydrogen-bond acceptors (Lipinski definition) is 9. The Hall–Kier alpha value is -3.64. The van der Waals surface area contributed by atoms with Gasteiger partial charge in [0.2, 0.25) is 17.7 Å². The van der Waals surface area contributed by atoms with Gasteiger partial charge in [-0.2, -0.15) is 10.1 Å². The van der Waals surface area contributed by atoms with E-state index in [9.17, 15) is 9.59 Å². The molecule has 11 nitrogen and oxygen atoms in total. The molecule has 0 unspecified atom stereocenters. The molecule has 0 spiro atoms. The highest BCUT2D eigenvalue weighted by molar-refractivity contribution is 7.99. The molecule has 0 radical (unpaired) electrons. The van der Waals surface area contributed by atoms with Crippen molar-refractivity contribution >= 4 is 40.9 Å². The van der Waals surface area contributed by atoms with E-state index >= 15 is 0 Å². The molecule has 1 aliphatic rings. The van der Waals surface area contributed by atoms with Crippen LogP contribution in [-0.2, 0) is 9.59 Å². The van der Waals surface area contributed by atoms with Crippen molar-refractivity contribution in [2.45, 2.75) is 68.3 Å². The van der Waals surface area contributed by atoms with E-state index in [-0.39, 0.29) is 17.7 Å². The van der Waals surface area contributed by atoms with Gasteiger partial charge >= 0.3 is 0 Å². The number of nitrogens with one attached hydrogen (secondary N) is 4. The fraction of sp³-hybridized carbons (Fsp3) is 0.423. The van der Waals surface area contributed by atoms with E-state index in [0.29, 0.717) is 35.7 Å². The third-order valence-corrected chi connectivity index (χ3v) is 6.72. The highest BCUT2D eigenvalue weighted by Gasteiger charge is 2.29. The monoisotopic (exact) mass is 539 g/mol. The summed E-state index contributed by atoms with van der Waals surface area (Å²) in [5.41, 5.74) is 3.36. The van der Waals surface area contributed by atoms with Crippen LogP contribution in [0.5, 0.6) is 5.88 Å². The SMILES string of the molecule is Cc1cc(Nc2cc(OCCCCCCCC(=O)NO)nc(Sc3ccc(NC(=O)C4CC4)cc3)n2)n[nH]1. The molecule has 0 aliphatic heterocycles. The summed E-state index contributed by atoms with van der Waals surface area (Å²) >= 11 is 1.40. The number of unbranched alkanes of at least 4 members (excludes halogenated alkanes) is 4. The van der Waals surface area contributed by atoms with Crippen LogP contribution >= 0.6 is 11.8 Å². The number of hydroxylamine groups is 1. The third-order valence-electron chi connectivity index (χ3n) is 5.85. The molecule has 202 valence electrons. The second kappa shape index (κ2) is 13.8. The first-order chi connectivity index (χ1) is 18.5. The van der Waals surface area contributed by atoms with E-state index in [1.165, 1.54) is 11.8 Å².